The fourth-order valence-electron chi connectivity index (χ4n) is 2.16. The summed E-state index contributed by atoms with van der Waals surface area (Å²) in [4.78, 5) is -0.119. The second-order valence-corrected chi connectivity index (χ2v) is 6.01. The average Bonchev–Trinajstić information content (AvgIpc) is 2.35. The summed E-state index contributed by atoms with van der Waals surface area (Å²) in [5.41, 5.74) is 0.556. The Hall–Kier alpha value is -0.940. The van der Waals surface area contributed by atoms with Crippen molar-refractivity contribution in [1.82, 2.24) is 5.32 Å². The number of hydrogen-bond acceptors (Lipinski definition) is 3. The Bertz CT molecular complexity index is 499. The van der Waals surface area contributed by atoms with Crippen molar-refractivity contribution in [3.63, 3.8) is 0 Å². The molecule has 1 unspecified atom stereocenters. The summed E-state index contributed by atoms with van der Waals surface area (Å²) in [5.74, 6) is -0.612. The minimum atomic E-state index is -3.47. The molecule has 0 aromatic heterocycles. The Kier molecular flexibility index (Phi) is 2.99. The van der Waals surface area contributed by atoms with Gasteiger partial charge in [0.25, 0.3) is 0 Å². The van der Waals surface area contributed by atoms with Crippen molar-refractivity contribution in [3.05, 3.63) is 29.6 Å². The molecule has 1 aliphatic heterocycles. The van der Waals surface area contributed by atoms with Crippen LogP contribution in [0.25, 0.3) is 0 Å². The first-order valence-electron chi connectivity index (χ1n) is 5.24. The molecule has 1 aromatic rings. The highest BCUT2D eigenvalue weighted by Crippen LogP contribution is 2.32. The molecule has 0 radical (unpaired) electrons. The standard InChI is InChI=1S/C11H14FNO2S/c1-13-10-6-3-7-16(14,15)11-8(10)4-2-5-9(11)12/h2,4-5,10,13H,3,6-7H2,1H3. The van der Waals surface area contributed by atoms with Crippen molar-refractivity contribution in [2.45, 2.75) is 23.8 Å². The van der Waals surface area contributed by atoms with Crippen LogP contribution in [0.2, 0.25) is 0 Å². The zero-order valence-electron chi connectivity index (χ0n) is 9.03. The Morgan fingerprint density at radius 3 is 2.88 bits per heavy atom. The number of fused-ring (bicyclic) bond motifs is 1. The summed E-state index contributed by atoms with van der Waals surface area (Å²) in [6.45, 7) is 0. The van der Waals surface area contributed by atoms with Crippen LogP contribution < -0.4 is 5.32 Å². The molecule has 1 heterocycles. The minimum Gasteiger partial charge on any atom is -0.313 e. The van der Waals surface area contributed by atoms with Gasteiger partial charge in [0.2, 0.25) is 0 Å². The summed E-state index contributed by atoms with van der Waals surface area (Å²) >= 11 is 0. The third-order valence-electron chi connectivity index (χ3n) is 2.94. The van der Waals surface area contributed by atoms with Gasteiger partial charge < -0.3 is 5.32 Å². The molecule has 0 spiro atoms. The number of nitrogens with one attached hydrogen (secondary N) is 1. The SMILES string of the molecule is CNC1CCCS(=O)(=O)c2c(F)cccc21. The lowest BCUT2D eigenvalue weighted by atomic mass is 10.0. The van der Waals surface area contributed by atoms with E-state index in [1.165, 1.54) is 6.07 Å². The highest BCUT2D eigenvalue weighted by molar-refractivity contribution is 7.91. The predicted octanol–water partition coefficient (Wildman–Crippen LogP) is 1.65. The molecule has 16 heavy (non-hydrogen) atoms. The third-order valence-corrected chi connectivity index (χ3v) is 4.82. The Morgan fingerprint density at radius 1 is 1.44 bits per heavy atom. The molecule has 2 rings (SSSR count). The molecule has 5 heteroatoms. The Labute approximate surface area is 94.6 Å². The summed E-state index contributed by atoms with van der Waals surface area (Å²) < 4.78 is 37.5. The van der Waals surface area contributed by atoms with Crippen molar-refractivity contribution in [2.24, 2.45) is 0 Å². The van der Waals surface area contributed by atoms with Crippen LogP contribution in [0.3, 0.4) is 0 Å². The van der Waals surface area contributed by atoms with Crippen molar-refractivity contribution >= 4 is 9.84 Å². The van der Waals surface area contributed by atoms with E-state index in [4.69, 9.17) is 0 Å². The van der Waals surface area contributed by atoms with E-state index in [0.717, 1.165) is 0 Å². The van der Waals surface area contributed by atoms with Crippen LogP contribution in [0.5, 0.6) is 0 Å². The molecule has 1 aromatic carbocycles. The summed E-state index contributed by atoms with van der Waals surface area (Å²) in [6, 6.07) is 4.36. The van der Waals surface area contributed by atoms with Gasteiger partial charge in [-0.25, -0.2) is 12.8 Å². The van der Waals surface area contributed by atoms with Gasteiger partial charge in [-0.2, -0.15) is 0 Å². The van der Waals surface area contributed by atoms with Gasteiger partial charge in [0.1, 0.15) is 10.7 Å². The molecule has 0 bridgehead atoms. The lowest BCUT2D eigenvalue weighted by Gasteiger charge is -2.16. The maximum absolute atomic E-state index is 13.7. The molecule has 0 saturated heterocycles. The first-order valence-corrected chi connectivity index (χ1v) is 6.90. The molecule has 0 aliphatic carbocycles. The van der Waals surface area contributed by atoms with Crippen molar-refractivity contribution in [2.75, 3.05) is 12.8 Å². The number of halogens is 1. The van der Waals surface area contributed by atoms with E-state index in [2.05, 4.69) is 5.32 Å². The second-order valence-electron chi connectivity index (χ2n) is 3.96. The quantitative estimate of drug-likeness (QED) is 0.816. The third kappa shape index (κ3) is 1.85. The van der Waals surface area contributed by atoms with Gasteiger partial charge >= 0.3 is 0 Å². The molecule has 88 valence electrons. The molecule has 0 saturated carbocycles. The van der Waals surface area contributed by atoms with E-state index in [1.807, 2.05) is 0 Å². The van der Waals surface area contributed by atoms with Crippen LogP contribution >= 0.6 is 0 Å². The largest absolute Gasteiger partial charge is 0.313 e. The minimum absolute atomic E-state index is 0.0269. The van der Waals surface area contributed by atoms with Gasteiger partial charge in [0.05, 0.1) is 5.75 Å². The predicted molar refractivity (Wildman–Crippen MR) is 59.5 cm³/mol. The van der Waals surface area contributed by atoms with E-state index in [-0.39, 0.29) is 16.7 Å². The van der Waals surface area contributed by atoms with Gasteiger partial charge in [-0.05, 0) is 31.5 Å². The number of benzene rings is 1. The normalized spacial score (nSPS) is 23.5. The maximum Gasteiger partial charge on any atom is 0.181 e. The van der Waals surface area contributed by atoms with Crippen LogP contribution in [0.15, 0.2) is 23.1 Å². The Morgan fingerprint density at radius 2 is 2.19 bits per heavy atom. The molecule has 0 amide bonds. The highest BCUT2D eigenvalue weighted by atomic mass is 32.2. The van der Waals surface area contributed by atoms with Crippen molar-refractivity contribution in [1.29, 1.82) is 0 Å². The first-order chi connectivity index (χ1) is 7.56. The van der Waals surface area contributed by atoms with Crippen molar-refractivity contribution < 1.29 is 12.8 Å². The lowest BCUT2D eigenvalue weighted by Crippen LogP contribution is -2.17. The summed E-state index contributed by atoms with van der Waals surface area (Å²) in [6.07, 6.45) is 1.27. The fourth-order valence-corrected chi connectivity index (χ4v) is 3.85. The smallest absolute Gasteiger partial charge is 0.181 e. The average molecular weight is 243 g/mol. The van der Waals surface area contributed by atoms with Crippen LogP contribution in [0.1, 0.15) is 24.4 Å². The maximum atomic E-state index is 13.7. The number of rotatable bonds is 1. The fraction of sp³-hybridized carbons (Fsp3) is 0.455. The zero-order valence-corrected chi connectivity index (χ0v) is 9.85. The van der Waals surface area contributed by atoms with Crippen LogP contribution in [-0.4, -0.2) is 21.2 Å². The lowest BCUT2D eigenvalue weighted by molar-refractivity contribution is 0.526. The zero-order chi connectivity index (χ0) is 11.8. The molecule has 1 atom stereocenters. The second kappa shape index (κ2) is 4.14. The molecule has 1 aliphatic rings. The van der Waals surface area contributed by atoms with Crippen LogP contribution in [0.4, 0.5) is 4.39 Å². The number of sulfone groups is 1. The molecule has 3 nitrogen and oxygen atoms in total. The van der Waals surface area contributed by atoms with Crippen molar-refractivity contribution in [3.8, 4) is 0 Å². The van der Waals surface area contributed by atoms with E-state index in [9.17, 15) is 12.8 Å². The summed E-state index contributed by atoms with van der Waals surface area (Å²) in [7, 11) is -1.71. The molecular formula is C11H14FNO2S. The van der Waals surface area contributed by atoms with Gasteiger partial charge in [0.15, 0.2) is 9.84 Å². The monoisotopic (exact) mass is 243 g/mol. The topological polar surface area (TPSA) is 46.2 Å². The molecule has 1 N–H and O–H groups in total. The van der Waals surface area contributed by atoms with Gasteiger partial charge in [0, 0.05) is 6.04 Å². The van der Waals surface area contributed by atoms with Crippen LogP contribution in [0, 0.1) is 5.82 Å². The van der Waals surface area contributed by atoms with Gasteiger partial charge in [-0.15, -0.1) is 0 Å². The highest BCUT2D eigenvalue weighted by Gasteiger charge is 2.29. The van der Waals surface area contributed by atoms with Crippen LogP contribution in [-0.2, 0) is 9.84 Å². The first kappa shape index (κ1) is 11.5. The molecular weight excluding hydrogens is 229 g/mol. The Balaban J connectivity index is 2.69. The van der Waals surface area contributed by atoms with Gasteiger partial charge in [-0.3, -0.25) is 0 Å². The summed E-state index contributed by atoms with van der Waals surface area (Å²) in [5, 5.41) is 3.03. The van der Waals surface area contributed by atoms with E-state index >= 15 is 0 Å². The van der Waals surface area contributed by atoms with E-state index in [1.54, 1.807) is 19.2 Å². The van der Waals surface area contributed by atoms with Gasteiger partial charge in [-0.1, -0.05) is 12.1 Å². The van der Waals surface area contributed by atoms with E-state index < -0.39 is 15.7 Å². The molecule has 0 fully saturated rings. The van der Waals surface area contributed by atoms with E-state index in [0.29, 0.717) is 18.4 Å². The number of hydrogen-bond donors (Lipinski definition) is 1.